The highest BCUT2D eigenvalue weighted by atomic mass is 16.5. The van der Waals surface area contributed by atoms with Gasteiger partial charge >= 0.3 is 0 Å². The van der Waals surface area contributed by atoms with Crippen LogP contribution in [0.15, 0.2) is 35.1 Å². The molecule has 2 heterocycles. The summed E-state index contributed by atoms with van der Waals surface area (Å²) in [6.45, 7) is 5.40. The zero-order chi connectivity index (χ0) is 18.5. The summed E-state index contributed by atoms with van der Waals surface area (Å²) in [4.78, 5) is 30.4. The van der Waals surface area contributed by atoms with Crippen LogP contribution in [0.5, 0.6) is 0 Å². The third-order valence-electron chi connectivity index (χ3n) is 4.17. The third kappa shape index (κ3) is 4.91. The van der Waals surface area contributed by atoms with Gasteiger partial charge in [0.25, 0.3) is 5.91 Å². The number of carbonyl (C=O) groups is 2. The number of nitrogens with one attached hydrogen (secondary N) is 1. The summed E-state index contributed by atoms with van der Waals surface area (Å²) in [6, 6.07) is 5.38. The molecule has 1 aliphatic rings. The fourth-order valence-corrected chi connectivity index (χ4v) is 2.58. The van der Waals surface area contributed by atoms with Crippen LogP contribution in [0, 0.1) is 11.8 Å². The lowest BCUT2D eigenvalue weighted by Crippen LogP contribution is -2.31. The summed E-state index contributed by atoms with van der Waals surface area (Å²) < 4.78 is 5.29. The molecule has 1 N–H and O–H groups in total. The molecule has 2 amide bonds. The molecule has 1 aliphatic carbocycles. The predicted octanol–water partition coefficient (Wildman–Crippen LogP) is 2.39. The van der Waals surface area contributed by atoms with Gasteiger partial charge in [-0.2, -0.15) is 0 Å². The molecule has 7 heteroatoms. The second-order valence-corrected chi connectivity index (χ2v) is 7.11. The second kappa shape index (κ2) is 8.12. The maximum Gasteiger partial charge on any atom is 0.273 e. The molecule has 0 radical (unpaired) electrons. The van der Waals surface area contributed by atoms with Gasteiger partial charge in [0.15, 0.2) is 11.5 Å². The van der Waals surface area contributed by atoms with Crippen molar-refractivity contribution in [3.05, 3.63) is 47.6 Å². The van der Waals surface area contributed by atoms with Gasteiger partial charge in [-0.15, -0.1) is 0 Å². The van der Waals surface area contributed by atoms with E-state index in [4.69, 9.17) is 4.52 Å². The van der Waals surface area contributed by atoms with E-state index in [9.17, 15) is 9.59 Å². The van der Waals surface area contributed by atoms with Crippen molar-refractivity contribution in [1.82, 2.24) is 20.4 Å². The first-order valence-corrected chi connectivity index (χ1v) is 8.94. The third-order valence-corrected chi connectivity index (χ3v) is 4.17. The lowest BCUT2D eigenvalue weighted by molar-refractivity contribution is -0.134. The molecule has 26 heavy (non-hydrogen) atoms. The predicted molar refractivity (Wildman–Crippen MR) is 94.9 cm³/mol. The average Bonchev–Trinajstić information content (AvgIpc) is 3.38. The average molecular weight is 356 g/mol. The number of amides is 2. The highest BCUT2D eigenvalue weighted by molar-refractivity contribution is 5.92. The van der Waals surface area contributed by atoms with Crippen molar-refractivity contribution < 1.29 is 14.1 Å². The molecule has 0 saturated heterocycles. The van der Waals surface area contributed by atoms with E-state index in [1.54, 1.807) is 23.4 Å². The maximum absolute atomic E-state index is 12.6. The van der Waals surface area contributed by atoms with Crippen molar-refractivity contribution in [2.75, 3.05) is 6.54 Å². The highest BCUT2D eigenvalue weighted by Gasteiger charge is 2.34. The fraction of sp³-hybridized carbons (Fsp3) is 0.474. The lowest BCUT2D eigenvalue weighted by Gasteiger charge is -2.21. The van der Waals surface area contributed by atoms with E-state index in [0.717, 1.165) is 18.4 Å². The van der Waals surface area contributed by atoms with Gasteiger partial charge < -0.3 is 14.7 Å². The van der Waals surface area contributed by atoms with Crippen LogP contribution in [0.1, 0.15) is 48.5 Å². The Labute approximate surface area is 152 Å². The molecule has 7 nitrogen and oxygen atoms in total. The number of aromatic nitrogens is 2. The Morgan fingerprint density at radius 1 is 1.27 bits per heavy atom. The molecular formula is C19H24N4O3. The maximum atomic E-state index is 12.6. The number of rotatable bonds is 8. The standard InChI is InChI=1S/C19H24N4O3/c1-13(2)10-21-18(24)17-9-16(26-22-17)12-23(19(25)15-3-4-15)11-14-5-7-20-8-6-14/h5-9,13,15H,3-4,10-12H2,1-2H3,(H,21,24). The monoisotopic (exact) mass is 356 g/mol. The molecule has 138 valence electrons. The molecule has 0 spiro atoms. The molecule has 0 bridgehead atoms. The number of hydrogen-bond donors (Lipinski definition) is 1. The highest BCUT2D eigenvalue weighted by Crippen LogP contribution is 2.32. The largest absolute Gasteiger partial charge is 0.359 e. The van der Waals surface area contributed by atoms with E-state index in [2.05, 4.69) is 15.5 Å². The van der Waals surface area contributed by atoms with Crippen LogP contribution in [-0.4, -0.2) is 33.4 Å². The van der Waals surface area contributed by atoms with Gasteiger partial charge in [0.1, 0.15) is 0 Å². The summed E-state index contributed by atoms with van der Waals surface area (Å²) in [7, 11) is 0. The van der Waals surface area contributed by atoms with Gasteiger partial charge in [-0.05, 0) is 36.5 Å². The molecule has 0 atom stereocenters. The first kappa shape index (κ1) is 18.1. The Balaban J connectivity index is 1.66. The first-order chi connectivity index (χ1) is 12.5. The number of hydrogen-bond acceptors (Lipinski definition) is 5. The van der Waals surface area contributed by atoms with Gasteiger partial charge in [-0.25, -0.2) is 0 Å². The summed E-state index contributed by atoms with van der Waals surface area (Å²) in [5.41, 5.74) is 1.24. The van der Waals surface area contributed by atoms with Crippen molar-refractivity contribution in [2.45, 2.75) is 39.8 Å². The van der Waals surface area contributed by atoms with Crippen molar-refractivity contribution in [3.8, 4) is 0 Å². The molecule has 0 unspecified atom stereocenters. The number of nitrogens with zero attached hydrogens (tertiary/aromatic N) is 3. The van der Waals surface area contributed by atoms with E-state index in [1.807, 2.05) is 26.0 Å². The van der Waals surface area contributed by atoms with Gasteiger partial charge in [0.2, 0.25) is 5.91 Å². The van der Waals surface area contributed by atoms with Gasteiger partial charge in [-0.1, -0.05) is 19.0 Å². The molecule has 1 fully saturated rings. The normalized spacial score (nSPS) is 13.7. The number of carbonyl (C=O) groups excluding carboxylic acids is 2. The van der Waals surface area contributed by atoms with Gasteiger partial charge in [-0.3, -0.25) is 14.6 Å². The van der Waals surface area contributed by atoms with Crippen molar-refractivity contribution >= 4 is 11.8 Å². The summed E-state index contributed by atoms with van der Waals surface area (Å²) >= 11 is 0. The number of pyridine rings is 1. The van der Waals surface area contributed by atoms with E-state index < -0.39 is 0 Å². The molecule has 0 aliphatic heterocycles. The first-order valence-electron chi connectivity index (χ1n) is 8.94. The Morgan fingerprint density at radius 3 is 2.65 bits per heavy atom. The minimum Gasteiger partial charge on any atom is -0.359 e. The van der Waals surface area contributed by atoms with Crippen molar-refractivity contribution in [1.29, 1.82) is 0 Å². The summed E-state index contributed by atoms with van der Waals surface area (Å²) in [5, 5.41) is 6.65. The van der Waals surface area contributed by atoms with Crippen LogP contribution in [0.25, 0.3) is 0 Å². The molecular weight excluding hydrogens is 332 g/mol. The molecule has 1 saturated carbocycles. The van der Waals surface area contributed by atoms with Gasteiger partial charge in [0.05, 0.1) is 6.54 Å². The topological polar surface area (TPSA) is 88.3 Å². The lowest BCUT2D eigenvalue weighted by atomic mass is 10.2. The van der Waals surface area contributed by atoms with Gasteiger partial charge in [0, 0.05) is 37.5 Å². The van der Waals surface area contributed by atoms with E-state index in [-0.39, 0.29) is 23.4 Å². The Bertz CT molecular complexity index is 753. The molecule has 0 aromatic carbocycles. The Morgan fingerprint density at radius 2 is 2.00 bits per heavy atom. The zero-order valence-corrected chi connectivity index (χ0v) is 15.1. The minimum absolute atomic E-state index is 0.105. The zero-order valence-electron chi connectivity index (χ0n) is 15.1. The molecule has 2 aromatic rings. The van der Waals surface area contributed by atoms with Crippen LogP contribution >= 0.6 is 0 Å². The van der Waals surface area contributed by atoms with E-state index in [1.165, 1.54) is 0 Å². The van der Waals surface area contributed by atoms with Crippen LogP contribution < -0.4 is 5.32 Å². The van der Waals surface area contributed by atoms with Crippen LogP contribution in [0.4, 0.5) is 0 Å². The molecule has 2 aromatic heterocycles. The van der Waals surface area contributed by atoms with Crippen molar-refractivity contribution in [2.24, 2.45) is 11.8 Å². The smallest absolute Gasteiger partial charge is 0.273 e. The Hall–Kier alpha value is -2.70. The molecule has 3 rings (SSSR count). The second-order valence-electron chi connectivity index (χ2n) is 7.11. The Kier molecular flexibility index (Phi) is 5.65. The van der Waals surface area contributed by atoms with Crippen molar-refractivity contribution in [3.63, 3.8) is 0 Å². The summed E-state index contributed by atoms with van der Waals surface area (Å²) in [6.07, 6.45) is 5.29. The van der Waals surface area contributed by atoms with E-state index in [0.29, 0.717) is 31.3 Å². The van der Waals surface area contributed by atoms with Crippen LogP contribution in [-0.2, 0) is 17.9 Å². The summed E-state index contributed by atoms with van der Waals surface area (Å²) in [5.74, 6) is 0.820. The van der Waals surface area contributed by atoms with Crippen LogP contribution in [0.2, 0.25) is 0 Å². The SMILES string of the molecule is CC(C)CNC(=O)c1cc(CN(Cc2ccncc2)C(=O)C2CC2)on1. The minimum atomic E-state index is -0.261. The van der Waals surface area contributed by atoms with E-state index >= 15 is 0 Å². The fourth-order valence-electron chi connectivity index (χ4n) is 2.58. The quantitative estimate of drug-likeness (QED) is 0.784. The van der Waals surface area contributed by atoms with Crippen LogP contribution in [0.3, 0.4) is 0 Å².